The predicted octanol–water partition coefficient (Wildman–Crippen LogP) is 1.80. The molecule has 1 aromatic rings. The zero-order chi connectivity index (χ0) is 14.5. The van der Waals surface area contributed by atoms with Gasteiger partial charge in [0.2, 0.25) is 0 Å². The molecule has 114 valence electrons. The monoisotopic (exact) mass is 279 g/mol. The SMILES string of the molecule is CCCC1CN(Cc2ncnn2C)C(C(C)CC)CN1. The molecule has 1 saturated heterocycles. The normalized spacial score (nSPS) is 25.8. The maximum absolute atomic E-state index is 4.39. The third kappa shape index (κ3) is 3.58. The smallest absolute Gasteiger partial charge is 0.140 e. The van der Waals surface area contributed by atoms with Gasteiger partial charge < -0.3 is 5.32 Å². The fraction of sp³-hybridized carbons (Fsp3) is 0.867. The van der Waals surface area contributed by atoms with Crippen LogP contribution in [0.3, 0.4) is 0 Å². The van der Waals surface area contributed by atoms with E-state index >= 15 is 0 Å². The molecule has 0 spiro atoms. The molecule has 0 saturated carbocycles. The highest BCUT2D eigenvalue weighted by molar-refractivity contribution is 4.92. The first-order chi connectivity index (χ1) is 9.65. The zero-order valence-electron chi connectivity index (χ0n) is 13.3. The molecule has 2 rings (SSSR count). The molecule has 0 amide bonds. The van der Waals surface area contributed by atoms with Gasteiger partial charge in [0, 0.05) is 32.2 Å². The van der Waals surface area contributed by atoms with Gasteiger partial charge in [0.1, 0.15) is 12.2 Å². The van der Waals surface area contributed by atoms with Crippen LogP contribution in [0.2, 0.25) is 0 Å². The standard InChI is InChI=1S/C15H29N5/c1-5-7-13-9-20(10-15-17-11-18-19(15)4)14(8-16-13)12(3)6-2/h11-14,16H,5-10H2,1-4H3. The number of aryl methyl sites for hydroxylation is 1. The van der Waals surface area contributed by atoms with Crippen molar-refractivity contribution in [3.8, 4) is 0 Å². The predicted molar refractivity (Wildman–Crippen MR) is 81.4 cm³/mol. The van der Waals surface area contributed by atoms with Crippen LogP contribution in [0.5, 0.6) is 0 Å². The molecule has 1 aromatic heterocycles. The van der Waals surface area contributed by atoms with Gasteiger partial charge in [0.15, 0.2) is 0 Å². The van der Waals surface area contributed by atoms with E-state index in [9.17, 15) is 0 Å². The molecule has 2 heterocycles. The van der Waals surface area contributed by atoms with Crippen LogP contribution in [-0.4, -0.2) is 44.8 Å². The highest BCUT2D eigenvalue weighted by atomic mass is 15.3. The molecule has 1 N–H and O–H groups in total. The highest BCUT2D eigenvalue weighted by Gasteiger charge is 2.31. The lowest BCUT2D eigenvalue weighted by atomic mass is 9.93. The van der Waals surface area contributed by atoms with Crippen LogP contribution in [0.15, 0.2) is 6.33 Å². The Hall–Kier alpha value is -0.940. The van der Waals surface area contributed by atoms with Gasteiger partial charge in [0.05, 0.1) is 6.54 Å². The largest absolute Gasteiger partial charge is 0.311 e. The Morgan fingerprint density at radius 1 is 1.45 bits per heavy atom. The molecule has 20 heavy (non-hydrogen) atoms. The fourth-order valence-corrected chi connectivity index (χ4v) is 3.10. The second-order valence-corrected chi connectivity index (χ2v) is 6.08. The van der Waals surface area contributed by atoms with E-state index in [1.807, 2.05) is 11.7 Å². The van der Waals surface area contributed by atoms with Crippen molar-refractivity contribution >= 4 is 0 Å². The summed E-state index contributed by atoms with van der Waals surface area (Å²) >= 11 is 0. The Labute approximate surface area is 122 Å². The van der Waals surface area contributed by atoms with Crippen molar-refractivity contribution in [2.45, 2.75) is 58.7 Å². The zero-order valence-corrected chi connectivity index (χ0v) is 13.3. The molecule has 1 fully saturated rings. The van der Waals surface area contributed by atoms with Crippen LogP contribution in [0, 0.1) is 5.92 Å². The van der Waals surface area contributed by atoms with E-state index in [-0.39, 0.29) is 0 Å². The molecule has 3 atom stereocenters. The Bertz CT molecular complexity index is 403. The van der Waals surface area contributed by atoms with E-state index in [2.05, 4.69) is 41.1 Å². The lowest BCUT2D eigenvalue weighted by Crippen LogP contribution is -2.58. The van der Waals surface area contributed by atoms with Gasteiger partial charge in [-0.3, -0.25) is 9.58 Å². The van der Waals surface area contributed by atoms with Crippen molar-refractivity contribution in [2.24, 2.45) is 13.0 Å². The van der Waals surface area contributed by atoms with E-state index in [0.717, 1.165) is 25.5 Å². The molecular formula is C15H29N5. The van der Waals surface area contributed by atoms with Crippen LogP contribution in [0.25, 0.3) is 0 Å². The van der Waals surface area contributed by atoms with Crippen molar-refractivity contribution in [3.63, 3.8) is 0 Å². The molecule has 5 heteroatoms. The summed E-state index contributed by atoms with van der Waals surface area (Å²) in [5.41, 5.74) is 0. The Morgan fingerprint density at radius 3 is 2.85 bits per heavy atom. The lowest BCUT2D eigenvalue weighted by molar-refractivity contribution is 0.0783. The van der Waals surface area contributed by atoms with Crippen molar-refractivity contribution in [3.05, 3.63) is 12.2 Å². The molecule has 3 unspecified atom stereocenters. The van der Waals surface area contributed by atoms with Crippen LogP contribution in [0.1, 0.15) is 45.9 Å². The molecule has 0 bridgehead atoms. The summed E-state index contributed by atoms with van der Waals surface area (Å²) in [6.07, 6.45) is 5.37. The van der Waals surface area contributed by atoms with Crippen molar-refractivity contribution in [1.82, 2.24) is 25.0 Å². The number of hydrogen-bond acceptors (Lipinski definition) is 4. The van der Waals surface area contributed by atoms with E-state index in [4.69, 9.17) is 0 Å². The molecule has 0 radical (unpaired) electrons. The van der Waals surface area contributed by atoms with Crippen LogP contribution in [-0.2, 0) is 13.6 Å². The number of nitrogens with zero attached hydrogens (tertiary/aromatic N) is 4. The van der Waals surface area contributed by atoms with Gasteiger partial charge in [-0.05, 0) is 12.3 Å². The average molecular weight is 279 g/mol. The number of hydrogen-bond donors (Lipinski definition) is 1. The first-order valence-electron chi connectivity index (χ1n) is 7.96. The third-order valence-electron chi connectivity index (χ3n) is 4.63. The molecule has 0 aromatic carbocycles. The summed E-state index contributed by atoms with van der Waals surface area (Å²) in [6.45, 7) is 10.0. The van der Waals surface area contributed by atoms with Gasteiger partial charge >= 0.3 is 0 Å². The van der Waals surface area contributed by atoms with E-state index in [1.165, 1.54) is 19.3 Å². The van der Waals surface area contributed by atoms with E-state index in [0.29, 0.717) is 18.0 Å². The number of aromatic nitrogens is 3. The average Bonchev–Trinajstić information content (AvgIpc) is 2.84. The van der Waals surface area contributed by atoms with E-state index < -0.39 is 0 Å². The second-order valence-electron chi connectivity index (χ2n) is 6.08. The first-order valence-corrected chi connectivity index (χ1v) is 7.96. The minimum atomic E-state index is 0.602. The van der Waals surface area contributed by atoms with Gasteiger partial charge in [-0.15, -0.1) is 0 Å². The van der Waals surface area contributed by atoms with Crippen LogP contribution in [0.4, 0.5) is 0 Å². The third-order valence-corrected chi connectivity index (χ3v) is 4.63. The van der Waals surface area contributed by atoms with Gasteiger partial charge in [-0.1, -0.05) is 33.6 Å². The van der Waals surface area contributed by atoms with Gasteiger partial charge in [0.25, 0.3) is 0 Å². The molecule has 0 aliphatic carbocycles. The summed E-state index contributed by atoms with van der Waals surface area (Å²) in [6, 6.07) is 1.22. The first kappa shape index (κ1) is 15.4. The topological polar surface area (TPSA) is 46.0 Å². The molecule has 1 aliphatic rings. The maximum Gasteiger partial charge on any atom is 0.140 e. The van der Waals surface area contributed by atoms with Crippen LogP contribution < -0.4 is 5.32 Å². The van der Waals surface area contributed by atoms with Gasteiger partial charge in [-0.2, -0.15) is 5.10 Å². The summed E-state index contributed by atoms with van der Waals surface area (Å²) in [7, 11) is 1.98. The quantitative estimate of drug-likeness (QED) is 0.862. The summed E-state index contributed by atoms with van der Waals surface area (Å²) < 4.78 is 1.89. The van der Waals surface area contributed by atoms with Crippen molar-refractivity contribution in [1.29, 1.82) is 0 Å². The van der Waals surface area contributed by atoms with Crippen molar-refractivity contribution < 1.29 is 0 Å². The van der Waals surface area contributed by atoms with Crippen LogP contribution >= 0.6 is 0 Å². The minimum absolute atomic E-state index is 0.602. The molecule has 1 aliphatic heterocycles. The summed E-state index contributed by atoms with van der Waals surface area (Å²) in [5, 5.41) is 7.92. The number of piperazine rings is 1. The lowest BCUT2D eigenvalue weighted by Gasteiger charge is -2.42. The van der Waals surface area contributed by atoms with Crippen molar-refractivity contribution in [2.75, 3.05) is 13.1 Å². The minimum Gasteiger partial charge on any atom is -0.311 e. The number of rotatable bonds is 6. The summed E-state index contributed by atoms with van der Waals surface area (Å²) in [4.78, 5) is 7.00. The Balaban J connectivity index is 2.07. The number of nitrogens with one attached hydrogen (secondary N) is 1. The molecular weight excluding hydrogens is 250 g/mol. The Kier molecular flexibility index (Phi) is 5.54. The molecule has 5 nitrogen and oxygen atoms in total. The van der Waals surface area contributed by atoms with Gasteiger partial charge in [-0.25, -0.2) is 4.98 Å². The summed E-state index contributed by atoms with van der Waals surface area (Å²) in [5.74, 6) is 1.77. The maximum atomic E-state index is 4.39. The fourth-order valence-electron chi connectivity index (χ4n) is 3.10. The highest BCUT2D eigenvalue weighted by Crippen LogP contribution is 2.21. The Morgan fingerprint density at radius 2 is 2.25 bits per heavy atom. The second kappa shape index (κ2) is 7.18. The van der Waals surface area contributed by atoms with E-state index in [1.54, 1.807) is 6.33 Å².